The number of halogens is 1. The van der Waals surface area contributed by atoms with Gasteiger partial charge in [-0.25, -0.2) is 0 Å². The van der Waals surface area contributed by atoms with E-state index in [9.17, 15) is 0 Å². The van der Waals surface area contributed by atoms with Gasteiger partial charge in [-0.05, 0) is 22.3 Å². The lowest BCUT2D eigenvalue weighted by Crippen LogP contribution is -1.94. The lowest BCUT2D eigenvalue weighted by atomic mass is 10.1. The highest BCUT2D eigenvalue weighted by Crippen LogP contribution is 2.45. The van der Waals surface area contributed by atoms with E-state index in [1.807, 2.05) is 24.3 Å². The van der Waals surface area contributed by atoms with Crippen LogP contribution in [0.25, 0.3) is 11.1 Å². The monoisotopic (exact) mass is 244 g/mol. The Kier molecular flexibility index (Phi) is 3.62. The van der Waals surface area contributed by atoms with E-state index in [1.165, 1.54) is 11.1 Å². The van der Waals surface area contributed by atoms with Gasteiger partial charge in [0.05, 0.1) is 11.9 Å². The van der Waals surface area contributed by atoms with Crippen molar-refractivity contribution in [2.75, 3.05) is 0 Å². The second kappa shape index (κ2) is 5.17. The molecule has 0 N–H and O–H groups in total. The molecule has 3 rings (SSSR count). The van der Waals surface area contributed by atoms with Crippen molar-refractivity contribution in [3.63, 3.8) is 0 Å². The Morgan fingerprint density at radius 1 is 0.824 bits per heavy atom. The van der Waals surface area contributed by atoms with E-state index in [2.05, 4.69) is 37.4 Å². The molecule has 0 spiro atoms. The molecule has 0 saturated heterocycles. The van der Waals surface area contributed by atoms with Crippen LogP contribution in [0, 0.1) is 0 Å². The fourth-order valence-electron chi connectivity index (χ4n) is 2.21. The Morgan fingerprint density at radius 2 is 1.24 bits per heavy atom. The third kappa shape index (κ3) is 1.88. The summed E-state index contributed by atoms with van der Waals surface area (Å²) in [5.41, 5.74) is 4.74. The molecule has 0 radical (unpaired) electrons. The van der Waals surface area contributed by atoms with E-state index in [1.54, 1.807) is 0 Å². The zero-order valence-corrected chi connectivity index (χ0v) is 10.2. The van der Waals surface area contributed by atoms with Crippen LogP contribution in [0.4, 0.5) is 0 Å². The van der Waals surface area contributed by atoms with Gasteiger partial charge in [0.25, 0.3) is 0 Å². The van der Waals surface area contributed by atoms with Crippen molar-refractivity contribution < 1.29 is 4.29 Å². The molecule has 0 fully saturated rings. The Bertz CT molecular complexity index is 476. The van der Waals surface area contributed by atoms with E-state index in [0.29, 0.717) is 0 Å². The normalized spacial score (nSPS) is 12.3. The fourth-order valence-corrected chi connectivity index (χ4v) is 2.40. The van der Waals surface area contributed by atoms with Crippen molar-refractivity contribution in [2.24, 2.45) is 0 Å². The van der Waals surface area contributed by atoms with Crippen molar-refractivity contribution in [3.05, 3.63) is 72.8 Å². The molecule has 2 aromatic rings. The Morgan fingerprint density at radius 3 is 1.65 bits per heavy atom. The van der Waals surface area contributed by atoms with E-state index < -0.39 is 0 Å². The molecule has 0 amide bonds. The van der Waals surface area contributed by atoms with Crippen LogP contribution in [-0.2, 0) is 4.29 Å². The van der Waals surface area contributed by atoms with E-state index in [4.69, 9.17) is 16.2 Å². The first-order chi connectivity index (χ1) is 8.42. The standard InChI is InChI=1S/C13H9ClO.C2H4/c14-15-13-11-7-3-1-5-9(11)10-6-2-4-8-12(10)13;1-2/h1-8,13H;1-2H2. The first-order valence-corrected chi connectivity index (χ1v) is 5.68. The van der Waals surface area contributed by atoms with Gasteiger partial charge in [-0.15, -0.1) is 13.2 Å². The quantitative estimate of drug-likeness (QED) is 0.659. The van der Waals surface area contributed by atoms with Crippen molar-refractivity contribution in [3.8, 4) is 11.1 Å². The van der Waals surface area contributed by atoms with Crippen LogP contribution in [0.5, 0.6) is 0 Å². The number of hydrogen-bond acceptors (Lipinski definition) is 1. The van der Waals surface area contributed by atoms with Crippen LogP contribution in [0.15, 0.2) is 61.7 Å². The molecule has 2 heteroatoms. The molecule has 0 unspecified atom stereocenters. The second-order valence-electron chi connectivity index (χ2n) is 3.64. The van der Waals surface area contributed by atoms with E-state index >= 15 is 0 Å². The highest BCUT2D eigenvalue weighted by Gasteiger charge is 2.28. The molecule has 0 saturated carbocycles. The predicted octanol–water partition coefficient (Wildman–Crippen LogP) is 4.73. The molecule has 0 atom stereocenters. The van der Waals surface area contributed by atoms with Crippen molar-refractivity contribution in [1.29, 1.82) is 0 Å². The highest BCUT2D eigenvalue weighted by molar-refractivity contribution is 6.07. The number of rotatable bonds is 1. The van der Waals surface area contributed by atoms with Crippen molar-refractivity contribution in [2.45, 2.75) is 6.10 Å². The lowest BCUT2D eigenvalue weighted by molar-refractivity contribution is 0.280. The zero-order valence-electron chi connectivity index (χ0n) is 9.40. The van der Waals surface area contributed by atoms with Gasteiger partial charge in [-0.2, -0.15) is 0 Å². The zero-order chi connectivity index (χ0) is 12.3. The third-order valence-electron chi connectivity index (χ3n) is 2.87. The fraction of sp³-hybridized carbons (Fsp3) is 0.0667. The molecule has 0 bridgehead atoms. The summed E-state index contributed by atoms with van der Waals surface area (Å²) in [6, 6.07) is 16.4. The summed E-state index contributed by atoms with van der Waals surface area (Å²) in [4.78, 5) is 0. The van der Waals surface area contributed by atoms with Gasteiger partial charge in [0.2, 0.25) is 0 Å². The Balaban J connectivity index is 0.000000514. The lowest BCUT2D eigenvalue weighted by Gasteiger charge is -2.07. The maximum Gasteiger partial charge on any atom is 0.130 e. The van der Waals surface area contributed by atoms with Crippen molar-refractivity contribution in [1.82, 2.24) is 0 Å². The average molecular weight is 245 g/mol. The highest BCUT2D eigenvalue weighted by atomic mass is 35.5. The number of hydrogen-bond donors (Lipinski definition) is 0. The topological polar surface area (TPSA) is 9.23 Å². The van der Waals surface area contributed by atoms with Crippen LogP contribution >= 0.6 is 11.9 Å². The smallest absolute Gasteiger partial charge is 0.130 e. The molecular weight excluding hydrogens is 232 g/mol. The van der Waals surface area contributed by atoms with Crippen LogP contribution in [0.3, 0.4) is 0 Å². The summed E-state index contributed by atoms with van der Waals surface area (Å²) in [7, 11) is 0. The molecule has 0 aromatic heterocycles. The second-order valence-corrected chi connectivity index (χ2v) is 3.82. The Labute approximate surface area is 106 Å². The average Bonchev–Trinajstić information content (AvgIpc) is 2.75. The molecule has 1 aliphatic rings. The van der Waals surface area contributed by atoms with Gasteiger partial charge >= 0.3 is 0 Å². The number of fused-ring (bicyclic) bond motifs is 3. The summed E-state index contributed by atoms with van der Waals surface area (Å²) in [5.74, 6) is 0. The largest absolute Gasteiger partial charge is 0.266 e. The van der Waals surface area contributed by atoms with Crippen molar-refractivity contribution >= 4 is 11.9 Å². The molecule has 1 nitrogen and oxygen atoms in total. The van der Waals surface area contributed by atoms with Gasteiger partial charge in [0.15, 0.2) is 0 Å². The maximum absolute atomic E-state index is 5.56. The van der Waals surface area contributed by atoms with Gasteiger partial charge in [0, 0.05) is 0 Å². The molecular formula is C15H13ClO. The first-order valence-electron chi connectivity index (χ1n) is 5.37. The van der Waals surface area contributed by atoms with Gasteiger partial charge in [-0.3, -0.25) is 4.29 Å². The summed E-state index contributed by atoms with van der Waals surface area (Å²) >= 11 is 5.56. The van der Waals surface area contributed by atoms with E-state index in [-0.39, 0.29) is 6.10 Å². The van der Waals surface area contributed by atoms with Gasteiger partial charge < -0.3 is 0 Å². The minimum Gasteiger partial charge on any atom is -0.266 e. The van der Waals surface area contributed by atoms with Gasteiger partial charge in [0.1, 0.15) is 6.10 Å². The van der Waals surface area contributed by atoms with Crippen LogP contribution in [-0.4, -0.2) is 0 Å². The number of benzene rings is 2. The first kappa shape index (κ1) is 11.9. The molecule has 1 aliphatic carbocycles. The summed E-state index contributed by atoms with van der Waals surface area (Å²) in [5, 5.41) is 0. The minimum atomic E-state index is -0.126. The van der Waals surface area contributed by atoms with E-state index in [0.717, 1.165) is 11.1 Å². The molecule has 17 heavy (non-hydrogen) atoms. The van der Waals surface area contributed by atoms with Gasteiger partial charge in [-0.1, -0.05) is 48.5 Å². The Hall–Kier alpha value is -1.57. The molecule has 86 valence electrons. The SMILES string of the molecule is C=C.ClOC1c2ccccc2-c2ccccc21. The summed E-state index contributed by atoms with van der Waals surface area (Å²) in [6.07, 6.45) is -0.126. The minimum absolute atomic E-state index is 0.126. The van der Waals surface area contributed by atoms with Crippen LogP contribution in [0.1, 0.15) is 17.2 Å². The molecule has 2 aromatic carbocycles. The maximum atomic E-state index is 5.56. The summed E-state index contributed by atoms with van der Waals surface area (Å²) < 4.78 is 5.04. The summed E-state index contributed by atoms with van der Waals surface area (Å²) in [6.45, 7) is 6.00. The third-order valence-corrected chi connectivity index (χ3v) is 3.04. The van der Waals surface area contributed by atoms with Crippen LogP contribution < -0.4 is 0 Å². The predicted molar refractivity (Wildman–Crippen MR) is 71.9 cm³/mol. The van der Waals surface area contributed by atoms with Crippen LogP contribution in [0.2, 0.25) is 0 Å². The molecule has 0 aliphatic heterocycles. The molecule has 0 heterocycles.